The molecule has 1 atom stereocenters. The van der Waals surface area contributed by atoms with Crippen molar-refractivity contribution >= 4 is 0 Å². The van der Waals surface area contributed by atoms with E-state index in [2.05, 4.69) is 43.6 Å². The van der Waals surface area contributed by atoms with E-state index < -0.39 is 0 Å². The smallest absolute Gasteiger partial charge is 0.119 e. The third kappa shape index (κ3) is 5.33. The Morgan fingerprint density at radius 3 is 2.57 bits per heavy atom. The standard InChI is InChI=1S/C18H29NO2/c1-3-4-11-21-17-7-5-16(6-8-17)18(19-2)14-15-9-12-20-13-10-15/h5-8,15,18-19H,3-4,9-14H2,1-2H3. The zero-order valence-corrected chi connectivity index (χ0v) is 13.4. The van der Waals surface area contributed by atoms with Crippen molar-refractivity contribution in [3.63, 3.8) is 0 Å². The molecule has 0 spiro atoms. The molecule has 1 unspecified atom stereocenters. The average molecular weight is 291 g/mol. The zero-order chi connectivity index (χ0) is 14.9. The van der Waals surface area contributed by atoms with Gasteiger partial charge in [0, 0.05) is 19.3 Å². The van der Waals surface area contributed by atoms with E-state index in [0.29, 0.717) is 6.04 Å². The van der Waals surface area contributed by atoms with Crippen LogP contribution in [0.1, 0.15) is 50.6 Å². The summed E-state index contributed by atoms with van der Waals surface area (Å²) >= 11 is 0. The minimum absolute atomic E-state index is 0.429. The van der Waals surface area contributed by atoms with Gasteiger partial charge in [-0.1, -0.05) is 25.5 Å². The molecule has 1 saturated heterocycles. The lowest BCUT2D eigenvalue weighted by Gasteiger charge is -2.26. The van der Waals surface area contributed by atoms with Crippen LogP contribution in [0.3, 0.4) is 0 Å². The lowest BCUT2D eigenvalue weighted by Crippen LogP contribution is -2.23. The maximum absolute atomic E-state index is 5.73. The monoisotopic (exact) mass is 291 g/mol. The van der Waals surface area contributed by atoms with Gasteiger partial charge in [0.25, 0.3) is 0 Å². The van der Waals surface area contributed by atoms with Crippen molar-refractivity contribution in [1.82, 2.24) is 5.32 Å². The molecular formula is C18H29NO2. The van der Waals surface area contributed by atoms with Crippen LogP contribution in [0.25, 0.3) is 0 Å². The molecule has 2 rings (SSSR count). The Labute approximate surface area is 129 Å². The largest absolute Gasteiger partial charge is 0.494 e. The first kappa shape index (κ1) is 16.3. The fourth-order valence-corrected chi connectivity index (χ4v) is 2.87. The van der Waals surface area contributed by atoms with E-state index in [-0.39, 0.29) is 0 Å². The SMILES string of the molecule is CCCCOc1ccc(C(CC2CCOCC2)NC)cc1. The molecule has 0 aliphatic carbocycles. The summed E-state index contributed by atoms with van der Waals surface area (Å²) in [6.07, 6.45) is 5.86. The molecule has 3 heteroatoms. The predicted octanol–water partition coefficient (Wildman–Crippen LogP) is 3.94. The number of ether oxygens (including phenoxy) is 2. The van der Waals surface area contributed by atoms with Crippen molar-refractivity contribution in [1.29, 1.82) is 0 Å². The summed E-state index contributed by atoms with van der Waals surface area (Å²) in [5.74, 6) is 1.75. The number of nitrogens with one attached hydrogen (secondary N) is 1. The minimum Gasteiger partial charge on any atom is -0.494 e. The van der Waals surface area contributed by atoms with E-state index >= 15 is 0 Å². The Hall–Kier alpha value is -1.06. The van der Waals surface area contributed by atoms with Crippen molar-refractivity contribution in [3.05, 3.63) is 29.8 Å². The van der Waals surface area contributed by atoms with Crippen LogP contribution >= 0.6 is 0 Å². The fourth-order valence-electron chi connectivity index (χ4n) is 2.87. The summed E-state index contributed by atoms with van der Waals surface area (Å²) in [5, 5.41) is 3.46. The normalized spacial score (nSPS) is 17.6. The molecule has 0 saturated carbocycles. The van der Waals surface area contributed by atoms with Gasteiger partial charge < -0.3 is 14.8 Å². The maximum atomic E-state index is 5.73. The Bertz CT molecular complexity index is 385. The van der Waals surface area contributed by atoms with Crippen LogP contribution < -0.4 is 10.1 Å². The number of unbranched alkanes of at least 4 members (excludes halogenated alkanes) is 1. The molecule has 0 amide bonds. The summed E-state index contributed by atoms with van der Waals surface area (Å²) in [7, 11) is 2.05. The Morgan fingerprint density at radius 1 is 1.24 bits per heavy atom. The molecular weight excluding hydrogens is 262 g/mol. The van der Waals surface area contributed by atoms with Crippen LogP contribution in [0, 0.1) is 5.92 Å². The summed E-state index contributed by atoms with van der Waals surface area (Å²) in [6.45, 7) is 4.84. The van der Waals surface area contributed by atoms with Crippen LogP contribution in [-0.4, -0.2) is 26.9 Å². The van der Waals surface area contributed by atoms with Crippen molar-refractivity contribution in [2.75, 3.05) is 26.9 Å². The molecule has 0 radical (unpaired) electrons. The summed E-state index contributed by atoms with van der Waals surface area (Å²) < 4.78 is 11.2. The molecule has 1 N–H and O–H groups in total. The average Bonchev–Trinajstić information content (AvgIpc) is 2.55. The maximum Gasteiger partial charge on any atom is 0.119 e. The van der Waals surface area contributed by atoms with Gasteiger partial charge in [-0.05, 0) is 56.3 Å². The van der Waals surface area contributed by atoms with E-state index in [4.69, 9.17) is 9.47 Å². The first-order valence-electron chi connectivity index (χ1n) is 8.31. The number of rotatable bonds is 8. The van der Waals surface area contributed by atoms with E-state index in [0.717, 1.165) is 37.9 Å². The van der Waals surface area contributed by atoms with E-state index in [9.17, 15) is 0 Å². The van der Waals surface area contributed by atoms with Crippen molar-refractivity contribution in [2.24, 2.45) is 5.92 Å². The zero-order valence-electron chi connectivity index (χ0n) is 13.4. The third-order valence-corrected chi connectivity index (χ3v) is 4.31. The van der Waals surface area contributed by atoms with Gasteiger partial charge in [-0.3, -0.25) is 0 Å². The van der Waals surface area contributed by atoms with E-state index in [1.54, 1.807) is 0 Å². The summed E-state index contributed by atoms with van der Waals surface area (Å²) in [6, 6.07) is 9.01. The molecule has 1 aliphatic heterocycles. The molecule has 1 heterocycles. The lowest BCUT2D eigenvalue weighted by atomic mass is 9.89. The molecule has 21 heavy (non-hydrogen) atoms. The highest BCUT2D eigenvalue weighted by Crippen LogP contribution is 2.28. The van der Waals surface area contributed by atoms with Gasteiger partial charge in [0.1, 0.15) is 5.75 Å². The van der Waals surface area contributed by atoms with Gasteiger partial charge in [-0.25, -0.2) is 0 Å². The first-order chi connectivity index (χ1) is 10.3. The second kappa shape index (κ2) is 9.06. The van der Waals surface area contributed by atoms with E-state index in [1.165, 1.54) is 31.2 Å². The number of hydrogen-bond donors (Lipinski definition) is 1. The van der Waals surface area contributed by atoms with Crippen LogP contribution in [-0.2, 0) is 4.74 Å². The Kier molecular flexibility index (Phi) is 7.04. The minimum atomic E-state index is 0.429. The molecule has 1 fully saturated rings. The Morgan fingerprint density at radius 2 is 1.95 bits per heavy atom. The number of hydrogen-bond acceptors (Lipinski definition) is 3. The van der Waals surface area contributed by atoms with Crippen molar-refractivity contribution in [2.45, 2.75) is 45.1 Å². The second-order valence-electron chi connectivity index (χ2n) is 5.90. The lowest BCUT2D eigenvalue weighted by molar-refractivity contribution is 0.0608. The molecule has 0 aromatic heterocycles. The quantitative estimate of drug-likeness (QED) is 0.736. The first-order valence-corrected chi connectivity index (χ1v) is 8.31. The van der Waals surface area contributed by atoms with Gasteiger partial charge in [0.15, 0.2) is 0 Å². The Balaban J connectivity index is 1.88. The van der Waals surface area contributed by atoms with Crippen LogP contribution in [0.5, 0.6) is 5.75 Å². The third-order valence-electron chi connectivity index (χ3n) is 4.31. The number of benzene rings is 1. The summed E-state index contributed by atoms with van der Waals surface area (Å²) in [4.78, 5) is 0. The van der Waals surface area contributed by atoms with Gasteiger partial charge in [0.2, 0.25) is 0 Å². The highest BCUT2D eigenvalue weighted by molar-refractivity contribution is 5.29. The molecule has 1 aromatic carbocycles. The molecule has 1 aromatic rings. The topological polar surface area (TPSA) is 30.5 Å². The van der Waals surface area contributed by atoms with Crippen LogP contribution in [0.15, 0.2) is 24.3 Å². The van der Waals surface area contributed by atoms with E-state index in [1.807, 2.05) is 0 Å². The van der Waals surface area contributed by atoms with Gasteiger partial charge in [-0.15, -0.1) is 0 Å². The second-order valence-corrected chi connectivity index (χ2v) is 5.90. The van der Waals surface area contributed by atoms with Gasteiger partial charge in [-0.2, -0.15) is 0 Å². The van der Waals surface area contributed by atoms with Crippen LogP contribution in [0.2, 0.25) is 0 Å². The molecule has 1 aliphatic rings. The molecule has 0 bridgehead atoms. The van der Waals surface area contributed by atoms with Gasteiger partial charge >= 0.3 is 0 Å². The fraction of sp³-hybridized carbons (Fsp3) is 0.667. The highest BCUT2D eigenvalue weighted by atomic mass is 16.5. The predicted molar refractivity (Wildman–Crippen MR) is 86.8 cm³/mol. The highest BCUT2D eigenvalue weighted by Gasteiger charge is 2.19. The van der Waals surface area contributed by atoms with Crippen molar-refractivity contribution < 1.29 is 9.47 Å². The molecule has 118 valence electrons. The van der Waals surface area contributed by atoms with Gasteiger partial charge in [0.05, 0.1) is 6.61 Å². The van der Waals surface area contributed by atoms with Crippen LogP contribution in [0.4, 0.5) is 0 Å². The van der Waals surface area contributed by atoms with Crippen molar-refractivity contribution in [3.8, 4) is 5.75 Å². The summed E-state index contributed by atoms with van der Waals surface area (Å²) in [5.41, 5.74) is 1.35. The molecule has 3 nitrogen and oxygen atoms in total.